The minimum Gasteiger partial charge on any atom is -0.460 e. The van der Waals surface area contributed by atoms with Gasteiger partial charge in [-0.25, -0.2) is 0 Å². The van der Waals surface area contributed by atoms with Crippen LogP contribution in [0.25, 0.3) is 0 Å². The lowest BCUT2D eigenvalue weighted by Crippen LogP contribution is -2.22. The quantitative estimate of drug-likeness (QED) is 0.566. The van der Waals surface area contributed by atoms with Crippen molar-refractivity contribution in [2.45, 2.75) is 33.8 Å². The third-order valence-electron chi connectivity index (χ3n) is 1.61. The fourth-order valence-corrected chi connectivity index (χ4v) is 1.01. The minimum atomic E-state index is -0.220. The Hall–Kier alpha value is -0.570. The molecule has 0 amide bonds. The van der Waals surface area contributed by atoms with E-state index in [0.717, 1.165) is 0 Å². The summed E-state index contributed by atoms with van der Waals surface area (Å²) in [6.45, 7) is 8.70. The van der Waals surface area contributed by atoms with E-state index in [2.05, 4.69) is 0 Å². The van der Waals surface area contributed by atoms with Gasteiger partial charge in [0.1, 0.15) is 6.10 Å². The highest BCUT2D eigenvalue weighted by Crippen LogP contribution is 2.15. The molecule has 2 atom stereocenters. The average molecular weight is 174 g/mol. The Morgan fingerprint density at radius 2 is 2.00 bits per heavy atom. The lowest BCUT2D eigenvalue weighted by molar-refractivity contribution is -0.147. The number of esters is 1. The van der Waals surface area contributed by atoms with Crippen LogP contribution in [0, 0.1) is 5.92 Å². The highest BCUT2D eigenvalue weighted by Gasteiger charge is 2.26. The van der Waals surface area contributed by atoms with E-state index in [1.807, 2.05) is 20.8 Å². The van der Waals surface area contributed by atoms with Crippen molar-refractivity contribution in [1.82, 2.24) is 0 Å². The molecule has 0 aromatic heterocycles. The molecule has 0 unspecified atom stereocenters. The van der Waals surface area contributed by atoms with Gasteiger partial charge in [0.2, 0.25) is 0 Å². The Morgan fingerprint density at radius 1 is 1.42 bits per heavy atom. The van der Waals surface area contributed by atoms with Crippen LogP contribution >= 0.6 is 0 Å². The zero-order chi connectivity index (χ0) is 9.56. The molecule has 0 bridgehead atoms. The van der Waals surface area contributed by atoms with E-state index in [1.54, 1.807) is 0 Å². The van der Waals surface area contributed by atoms with E-state index in [9.17, 15) is 4.79 Å². The van der Waals surface area contributed by atoms with Crippen LogP contribution in [0.4, 0.5) is 0 Å². The molecule has 1 saturated heterocycles. The van der Waals surface area contributed by atoms with Gasteiger partial charge in [-0.15, -0.1) is 0 Å². The molecule has 0 aromatic rings. The number of carbonyl (C=O) groups excluding carboxylic acids is 1. The van der Waals surface area contributed by atoms with Crippen molar-refractivity contribution in [3.63, 3.8) is 0 Å². The number of carbonyl (C=O) groups is 1. The Labute approximate surface area is 74.0 Å². The second-order valence-electron chi connectivity index (χ2n) is 2.66. The summed E-state index contributed by atoms with van der Waals surface area (Å²) in [6, 6.07) is 0. The van der Waals surface area contributed by atoms with E-state index in [1.165, 1.54) is 6.92 Å². The fourth-order valence-electron chi connectivity index (χ4n) is 1.01. The largest absolute Gasteiger partial charge is 0.460 e. The zero-order valence-corrected chi connectivity index (χ0v) is 8.29. The number of ether oxygens (including phenoxy) is 2. The molecule has 12 heavy (non-hydrogen) atoms. The molecule has 0 aliphatic carbocycles. The highest BCUT2D eigenvalue weighted by atomic mass is 16.6. The van der Waals surface area contributed by atoms with Crippen LogP contribution in [-0.2, 0) is 14.3 Å². The monoisotopic (exact) mass is 174 g/mol. The Kier molecular flexibility index (Phi) is 5.72. The Balaban J connectivity index is 0.000000561. The molecule has 1 rings (SSSR count). The average Bonchev–Trinajstić information content (AvgIpc) is 2.40. The van der Waals surface area contributed by atoms with Crippen LogP contribution in [0.15, 0.2) is 0 Å². The maximum absolute atomic E-state index is 10.5. The molecule has 0 aromatic carbocycles. The van der Waals surface area contributed by atoms with E-state index in [0.29, 0.717) is 19.1 Å². The predicted molar refractivity (Wildman–Crippen MR) is 46.9 cm³/mol. The van der Waals surface area contributed by atoms with Crippen molar-refractivity contribution in [3.8, 4) is 0 Å². The Bertz CT molecular complexity index is 134. The number of hydrogen-bond donors (Lipinski definition) is 0. The molecular formula is C9H18O3. The van der Waals surface area contributed by atoms with E-state index in [-0.39, 0.29) is 12.1 Å². The molecule has 1 aliphatic heterocycles. The summed E-state index contributed by atoms with van der Waals surface area (Å²) in [6.07, 6.45) is -0.0162. The van der Waals surface area contributed by atoms with Gasteiger partial charge < -0.3 is 9.47 Å². The van der Waals surface area contributed by atoms with Gasteiger partial charge in [0, 0.05) is 12.8 Å². The molecule has 0 N–H and O–H groups in total. The summed E-state index contributed by atoms with van der Waals surface area (Å²) < 4.78 is 10.1. The summed E-state index contributed by atoms with van der Waals surface area (Å²) in [4.78, 5) is 10.5. The maximum atomic E-state index is 10.5. The van der Waals surface area contributed by atoms with Crippen molar-refractivity contribution in [3.05, 3.63) is 0 Å². The summed E-state index contributed by atoms with van der Waals surface area (Å²) in [5.41, 5.74) is 0. The van der Waals surface area contributed by atoms with Gasteiger partial charge in [-0.2, -0.15) is 0 Å². The van der Waals surface area contributed by atoms with Crippen LogP contribution in [0.2, 0.25) is 0 Å². The molecule has 1 aliphatic rings. The Morgan fingerprint density at radius 3 is 2.33 bits per heavy atom. The van der Waals surface area contributed by atoms with Gasteiger partial charge >= 0.3 is 5.97 Å². The molecule has 3 nitrogen and oxygen atoms in total. The van der Waals surface area contributed by atoms with Crippen molar-refractivity contribution in [2.24, 2.45) is 5.92 Å². The van der Waals surface area contributed by atoms with Gasteiger partial charge in [-0.3, -0.25) is 4.79 Å². The smallest absolute Gasteiger partial charge is 0.302 e. The zero-order valence-electron chi connectivity index (χ0n) is 8.29. The molecule has 0 saturated carbocycles. The molecule has 0 spiro atoms. The van der Waals surface area contributed by atoms with Gasteiger partial charge in [0.05, 0.1) is 13.2 Å². The molecule has 1 heterocycles. The van der Waals surface area contributed by atoms with Crippen molar-refractivity contribution in [1.29, 1.82) is 0 Å². The number of hydrogen-bond acceptors (Lipinski definition) is 3. The third kappa shape index (κ3) is 3.72. The lowest BCUT2D eigenvalue weighted by atomic mass is 10.1. The first-order valence-electron chi connectivity index (χ1n) is 4.45. The lowest BCUT2D eigenvalue weighted by Gasteiger charge is -2.11. The first-order valence-corrected chi connectivity index (χ1v) is 4.45. The van der Waals surface area contributed by atoms with Crippen LogP contribution in [0.3, 0.4) is 0 Å². The molecule has 1 fully saturated rings. The summed E-state index contributed by atoms with van der Waals surface area (Å²) >= 11 is 0. The first kappa shape index (κ1) is 11.4. The second-order valence-corrected chi connectivity index (χ2v) is 2.66. The highest BCUT2D eigenvalue weighted by molar-refractivity contribution is 5.66. The predicted octanol–water partition coefficient (Wildman–Crippen LogP) is 1.61. The van der Waals surface area contributed by atoms with Gasteiger partial charge in [-0.05, 0) is 0 Å². The SMILES string of the molecule is CC.CC(=O)O[C@H]1COC[C@H]1C. The van der Waals surface area contributed by atoms with E-state index < -0.39 is 0 Å². The topological polar surface area (TPSA) is 35.5 Å². The van der Waals surface area contributed by atoms with Gasteiger partial charge in [0.15, 0.2) is 0 Å². The van der Waals surface area contributed by atoms with Gasteiger partial charge in [0.25, 0.3) is 0 Å². The van der Waals surface area contributed by atoms with E-state index in [4.69, 9.17) is 9.47 Å². The summed E-state index contributed by atoms with van der Waals surface area (Å²) in [7, 11) is 0. The van der Waals surface area contributed by atoms with Crippen molar-refractivity contribution in [2.75, 3.05) is 13.2 Å². The first-order chi connectivity index (χ1) is 5.70. The normalized spacial score (nSPS) is 27.3. The number of rotatable bonds is 1. The van der Waals surface area contributed by atoms with Gasteiger partial charge in [-0.1, -0.05) is 20.8 Å². The van der Waals surface area contributed by atoms with Crippen LogP contribution in [-0.4, -0.2) is 25.3 Å². The molecule has 3 heteroatoms. The van der Waals surface area contributed by atoms with Crippen LogP contribution in [0.5, 0.6) is 0 Å². The molecule has 72 valence electrons. The maximum Gasteiger partial charge on any atom is 0.302 e. The standard InChI is InChI=1S/C7H12O3.C2H6/c1-5-3-9-4-7(5)10-6(2)8;1-2/h5,7H,3-4H2,1-2H3;1-2H3/t5-,7+;/m1./s1. The summed E-state index contributed by atoms with van der Waals surface area (Å²) in [5, 5.41) is 0. The second kappa shape index (κ2) is 6.00. The van der Waals surface area contributed by atoms with Crippen LogP contribution < -0.4 is 0 Å². The third-order valence-corrected chi connectivity index (χ3v) is 1.61. The molecule has 0 radical (unpaired) electrons. The minimum absolute atomic E-state index is 0.0162. The molecular weight excluding hydrogens is 156 g/mol. The summed E-state index contributed by atoms with van der Waals surface area (Å²) in [5.74, 6) is 0.131. The van der Waals surface area contributed by atoms with Crippen molar-refractivity contribution < 1.29 is 14.3 Å². The van der Waals surface area contributed by atoms with Crippen LogP contribution in [0.1, 0.15) is 27.7 Å². The van der Waals surface area contributed by atoms with E-state index >= 15 is 0 Å². The fraction of sp³-hybridized carbons (Fsp3) is 0.889. The van der Waals surface area contributed by atoms with Crippen molar-refractivity contribution >= 4 is 5.97 Å².